The van der Waals surface area contributed by atoms with Crippen molar-refractivity contribution >= 4 is 13.8 Å². The molecule has 0 aromatic carbocycles. The zero-order chi connectivity index (χ0) is 18.3. The van der Waals surface area contributed by atoms with E-state index in [0.717, 1.165) is 19.3 Å². The summed E-state index contributed by atoms with van der Waals surface area (Å²) in [5.74, 6) is -0.479. The predicted octanol–water partition coefficient (Wildman–Crippen LogP) is 4.77. The second kappa shape index (κ2) is 14.6. The van der Waals surface area contributed by atoms with Gasteiger partial charge in [0.25, 0.3) is 0 Å². The first-order valence-corrected chi connectivity index (χ1v) is 10.3. The summed E-state index contributed by atoms with van der Waals surface area (Å²) in [6.07, 6.45) is 9.47. The van der Waals surface area contributed by atoms with Gasteiger partial charge in [0.15, 0.2) is 0 Å². The number of phosphoric ester groups is 1. The van der Waals surface area contributed by atoms with Crippen molar-refractivity contribution < 1.29 is 28.0 Å². The summed E-state index contributed by atoms with van der Waals surface area (Å²) in [7, 11) is -4.00. The molecule has 0 saturated heterocycles. The van der Waals surface area contributed by atoms with E-state index in [4.69, 9.17) is 13.8 Å². The number of esters is 1. The summed E-state index contributed by atoms with van der Waals surface area (Å²) in [5, 5.41) is 0. The van der Waals surface area contributed by atoms with Gasteiger partial charge in [0, 0.05) is 12.0 Å². The zero-order valence-electron chi connectivity index (χ0n) is 15.1. The highest BCUT2D eigenvalue weighted by molar-refractivity contribution is 7.47. The fourth-order valence-corrected chi connectivity index (χ4v) is 2.77. The van der Waals surface area contributed by atoms with Gasteiger partial charge in [0.1, 0.15) is 0 Å². The molecule has 1 atom stereocenters. The molecule has 0 aromatic rings. The molecule has 1 N–H and O–H groups in total. The highest BCUT2D eigenvalue weighted by Crippen LogP contribution is 2.43. The van der Waals surface area contributed by atoms with E-state index in [2.05, 4.69) is 13.5 Å². The number of phosphoric acid groups is 1. The summed E-state index contributed by atoms with van der Waals surface area (Å²) in [6.45, 7) is 7.53. The van der Waals surface area contributed by atoms with Crippen LogP contribution in [0.5, 0.6) is 0 Å². The van der Waals surface area contributed by atoms with E-state index in [1.165, 1.54) is 32.1 Å². The lowest BCUT2D eigenvalue weighted by atomic mass is 10.1. The maximum absolute atomic E-state index is 11.6. The van der Waals surface area contributed by atoms with Crippen molar-refractivity contribution in [3.8, 4) is 0 Å². The quantitative estimate of drug-likeness (QED) is 0.184. The predicted molar refractivity (Wildman–Crippen MR) is 94.7 cm³/mol. The highest BCUT2D eigenvalue weighted by atomic mass is 31.2. The van der Waals surface area contributed by atoms with E-state index in [-0.39, 0.29) is 19.8 Å². The Balaban J connectivity index is 3.50. The highest BCUT2D eigenvalue weighted by Gasteiger charge is 2.20. The van der Waals surface area contributed by atoms with Gasteiger partial charge in [-0.1, -0.05) is 58.4 Å². The Morgan fingerprint density at radius 3 is 1.96 bits per heavy atom. The lowest BCUT2D eigenvalue weighted by Gasteiger charge is -2.12. The Labute approximate surface area is 146 Å². The molecule has 0 heterocycles. The monoisotopic (exact) mass is 364 g/mol. The maximum atomic E-state index is 11.6. The molecule has 0 aromatic heterocycles. The van der Waals surface area contributed by atoms with Gasteiger partial charge in [-0.25, -0.2) is 9.36 Å². The Bertz CT molecular complexity index is 397. The molecule has 24 heavy (non-hydrogen) atoms. The molecule has 0 bridgehead atoms. The van der Waals surface area contributed by atoms with Gasteiger partial charge in [-0.3, -0.25) is 9.05 Å². The number of ether oxygens (including phenoxy) is 1. The summed E-state index contributed by atoms with van der Waals surface area (Å²) in [5.41, 5.74) is 0.317. The van der Waals surface area contributed by atoms with E-state index in [1.54, 1.807) is 6.92 Å². The first-order chi connectivity index (χ1) is 11.4. The molecular weight excluding hydrogens is 331 g/mol. The van der Waals surface area contributed by atoms with Crippen LogP contribution in [-0.4, -0.2) is 30.7 Å². The van der Waals surface area contributed by atoms with E-state index in [9.17, 15) is 14.3 Å². The minimum atomic E-state index is -4.00. The van der Waals surface area contributed by atoms with Crippen molar-refractivity contribution in [2.75, 3.05) is 19.8 Å². The normalized spacial score (nSPS) is 13.5. The molecule has 0 rings (SSSR count). The first kappa shape index (κ1) is 23.3. The van der Waals surface area contributed by atoms with Gasteiger partial charge in [-0.15, -0.1) is 0 Å². The molecule has 142 valence electrons. The zero-order valence-corrected chi connectivity index (χ0v) is 16.0. The number of unbranched alkanes of at least 4 members (excludes halogenated alkanes) is 7. The van der Waals surface area contributed by atoms with Gasteiger partial charge in [0.05, 0.1) is 19.8 Å². The summed E-state index contributed by atoms with van der Waals surface area (Å²) in [6, 6.07) is 0. The average Bonchev–Trinajstić information content (AvgIpc) is 2.52. The van der Waals surface area contributed by atoms with Crippen LogP contribution in [0.1, 0.15) is 71.6 Å². The maximum Gasteiger partial charge on any atom is 0.472 e. The first-order valence-electron chi connectivity index (χ1n) is 8.83. The van der Waals surface area contributed by atoms with Crippen molar-refractivity contribution in [3.63, 3.8) is 0 Å². The smallest absolute Gasteiger partial charge is 0.462 e. The van der Waals surface area contributed by atoms with E-state index >= 15 is 0 Å². The van der Waals surface area contributed by atoms with Crippen molar-refractivity contribution in [2.24, 2.45) is 0 Å². The third-order valence-electron chi connectivity index (χ3n) is 3.38. The summed E-state index contributed by atoms with van der Waals surface area (Å²) >= 11 is 0. The van der Waals surface area contributed by atoms with Crippen molar-refractivity contribution in [1.29, 1.82) is 0 Å². The molecule has 1 unspecified atom stereocenters. The van der Waals surface area contributed by atoms with Crippen LogP contribution < -0.4 is 0 Å². The van der Waals surface area contributed by atoms with Crippen LogP contribution in [0.2, 0.25) is 0 Å². The van der Waals surface area contributed by atoms with Gasteiger partial charge >= 0.3 is 13.8 Å². The largest absolute Gasteiger partial charge is 0.472 e. The Morgan fingerprint density at radius 1 is 0.917 bits per heavy atom. The van der Waals surface area contributed by atoms with Crippen LogP contribution in [0, 0.1) is 0 Å². The number of hydrogen-bond acceptors (Lipinski definition) is 5. The summed E-state index contributed by atoms with van der Waals surface area (Å²) < 4.78 is 26.2. The number of carbonyl (C=O) groups excluding carboxylic acids is 1. The Hall–Kier alpha value is -0.680. The SMILES string of the molecule is C=C(C)C(=O)OCCCOP(=O)(O)OCCCCCCCCCC. The fourth-order valence-electron chi connectivity index (χ4n) is 1.98. The fraction of sp³-hybridized carbons (Fsp3) is 0.824. The Kier molecular flexibility index (Phi) is 14.2. The molecule has 0 aliphatic heterocycles. The van der Waals surface area contributed by atoms with Crippen LogP contribution in [0.3, 0.4) is 0 Å². The lowest BCUT2D eigenvalue weighted by Crippen LogP contribution is -2.08. The van der Waals surface area contributed by atoms with Gasteiger partial charge in [-0.05, 0) is 13.3 Å². The van der Waals surface area contributed by atoms with Crippen molar-refractivity contribution in [3.05, 3.63) is 12.2 Å². The van der Waals surface area contributed by atoms with Gasteiger partial charge in [-0.2, -0.15) is 0 Å². The third kappa shape index (κ3) is 14.9. The minimum Gasteiger partial charge on any atom is -0.462 e. The molecule has 0 fully saturated rings. The van der Waals surface area contributed by atoms with Gasteiger partial charge in [0.2, 0.25) is 0 Å². The number of carbonyl (C=O) groups is 1. The molecule has 0 radical (unpaired) electrons. The summed E-state index contributed by atoms with van der Waals surface area (Å²) in [4.78, 5) is 20.6. The van der Waals surface area contributed by atoms with Crippen LogP contribution >= 0.6 is 7.82 Å². The molecule has 0 amide bonds. The van der Waals surface area contributed by atoms with Gasteiger partial charge < -0.3 is 9.63 Å². The third-order valence-corrected chi connectivity index (χ3v) is 4.39. The molecule has 0 saturated carbocycles. The second-order valence-corrected chi connectivity index (χ2v) is 7.33. The number of hydrogen-bond donors (Lipinski definition) is 1. The van der Waals surface area contributed by atoms with Crippen LogP contribution in [0.4, 0.5) is 0 Å². The van der Waals surface area contributed by atoms with Crippen molar-refractivity contribution in [2.45, 2.75) is 71.6 Å². The van der Waals surface area contributed by atoms with Crippen molar-refractivity contribution in [1.82, 2.24) is 0 Å². The number of rotatable bonds is 16. The Morgan fingerprint density at radius 2 is 1.42 bits per heavy atom. The van der Waals surface area contributed by atoms with E-state index in [0.29, 0.717) is 12.0 Å². The topological polar surface area (TPSA) is 82.1 Å². The van der Waals surface area contributed by atoms with Crippen LogP contribution in [0.25, 0.3) is 0 Å². The molecule has 0 spiro atoms. The molecule has 7 heteroatoms. The second-order valence-electron chi connectivity index (χ2n) is 5.88. The average molecular weight is 364 g/mol. The molecule has 6 nitrogen and oxygen atoms in total. The lowest BCUT2D eigenvalue weighted by molar-refractivity contribution is -0.139. The van der Waals surface area contributed by atoms with Crippen LogP contribution in [0.15, 0.2) is 12.2 Å². The van der Waals surface area contributed by atoms with E-state index < -0.39 is 13.8 Å². The van der Waals surface area contributed by atoms with E-state index in [1.807, 2.05) is 0 Å². The molecule has 0 aliphatic rings. The minimum absolute atomic E-state index is 0.00528. The van der Waals surface area contributed by atoms with Crippen LogP contribution in [-0.2, 0) is 23.1 Å². The molecular formula is C17H33O6P. The molecule has 0 aliphatic carbocycles. The standard InChI is InChI=1S/C17H33O6P/c1-4-5-6-7-8-9-10-11-14-22-24(19,20)23-15-12-13-21-17(18)16(2)3/h2,4-15H2,1,3H3,(H,19,20).